The van der Waals surface area contributed by atoms with Crippen LogP contribution in [-0.2, 0) is 20.9 Å². The van der Waals surface area contributed by atoms with E-state index in [9.17, 15) is 14.7 Å². The number of aliphatic hydroxyl groups is 1. The fourth-order valence-electron chi connectivity index (χ4n) is 3.20. The minimum absolute atomic E-state index is 0.0274. The fourth-order valence-corrected chi connectivity index (χ4v) is 3.39. The van der Waals surface area contributed by atoms with Crippen LogP contribution in [0.2, 0.25) is 5.02 Å². The highest BCUT2D eigenvalue weighted by Gasteiger charge is 2.30. The predicted octanol–water partition coefficient (Wildman–Crippen LogP) is 3.73. The highest BCUT2D eigenvalue weighted by molar-refractivity contribution is 6.30. The Morgan fingerprint density at radius 3 is 2.73 bits per heavy atom. The monoisotopic (exact) mass is 427 g/mol. The Balaban J connectivity index is 1.95. The number of benzene rings is 2. The molecule has 3 rings (SSSR count). The summed E-state index contributed by atoms with van der Waals surface area (Å²) in [4.78, 5) is 24.2. The summed E-state index contributed by atoms with van der Waals surface area (Å²) < 4.78 is 4.82. The average molecular weight is 428 g/mol. The molecule has 156 valence electrons. The lowest BCUT2D eigenvalue weighted by atomic mass is 9.95. The molecule has 0 aromatic heterocycles. The predicted molar refractivity (Wildman–Crippen MR) is 116 cm³/mol. The number of rotatable bonds is 6. The van der Waals surface area contributed by atoms with Gasteiger partial charge in [-0.05, 0) is 48.7 Å². The van der Waals surface area contributed by atoms with E-state index in [4.69, 9.17) is 16.3 Å². The molecule has 0 saturated carbocycles. The van der Waals surface area contributed by atoms with Crippen LogP contribution in [0, 0.1) is 0 Å². The van der Waals surface area contributed by atoms with Crippen LogP contribution in [0.3, 0.4) is 0 Å². The van der Waals surface area contributed by atoms with Crippen molar-refractivity contribution >= 4 is 35.5 Å². The molecule has 0 radical (unpaired) electrons. The van der Waals surface area contributed by atoms with Gasteiger partial charge in [0.2, 0.25) is 0 Å². The molecule has 0 saturated heterocycles. The third-order valence-corrected chi connectivity index (χ3v) is 4.72. The number of amides is 1. The number of ether oxygens (including phenoxy) is 1. The summed E-state index contributed by atoms with van der Waals surface area (Å²) >= 11 is 6.10. The molecular weight excluding hydrogens is 406 g/mol. The Labute approximate surface area is 179 Å². The maximum Gasteiger partial charge on any atom is 0.325 e. The van der Waals surface area contributed by atoms with Crippen LogP contribution >= 0.6 is 11.6 Å². The fraction of sp³-hybridized carbons (Fsp3) is 0.227. The normalized spacial score (nSPS) is 13.4. The number of carbonyl (C=O) groups excluding carboxylic acids is 2. The molecule has 1 aliphatic heterocycles. The lowest BCUT2D eigenvalue weighted by Gasteiger charge is -2.28. The number of nitrogens with one attached hydrogen (secondary N) is 1. The van der Waals surface area contributed by atoms with Crippen LogP contribution in [0.5, 0.6) is 0 Å². The highest BCUT2D eigenvalue weighted by Crippen LogP contribution is 2.34. The lowest BCUT2D eigenvalue weighted by molar-refractivity contribution is -0.143. The van der Waals surface area contributed by atoms with Crippen molar-refractivity contribution in [1.29, 1.82) is 0 Å². The van der Waals surface area contributed by atoms with E-state index in [1.807, 2.05) is 30.3 Å². The van der Waals surface area contributed by atoms with E-state index in [0.717, 1.165) is 16.7 Å². The Hall–Kier alpha value is -3.32. The number of fused-ring (bicyclic) bond motifs is 1. The molecule has 1 heterocycles. The van der Waals surface area contributed by atoms with Crippen LogP contribution < -0.4 is 5.32 Å². The second-order valence-corrected chi connectivity index (χ2v) is 6.93. The van der Waals surface area contributed by atoms with Crippen molar-refractivity contribution in [2.45, 2.75) is 20.4 Å². The molecule has 2 aromatic carbocycles. The first kappa shape index (κ1) is 21.4. The molecule has 0 aliphatic carbocycles. The lowest BCUT2D eigenvalue weighted by Crippen LogP contribution is -2.38. The van der Waals surface area contributed by atoms with E-state index in [-0.39, 0.29) is 31.2 Å². The first-order valence-corrected chi connectivity index (χ1v) is 9.84. The zero-order valence-corrected chi connectivity index (χ0v) is 17.4. The third kappa shape index (κ3) is 4.63. The van der Waals surface area contributed by atoms with Gasteiger partial charge in [0.25, 0.3) is 5.91 Å². The minimum Gasteiger partial charge on any atom is -0.505 e. The molecular formula is C22H22ClN3O4. The van der Waals surface area contributed by atoms with E-state index in [0.29, 0.717) is 10.6 Å². The molecule has 2 N–H and O–H groups in total. The summed E-state index contributed by atoms with van der Waals surface area (Å²) in [5.41, 5.74) is 3.18. The molecule has 2 aromatic rings. The van der Waals surface area contributed by atoms with Gasteiger partial charge in [0.1, 0.15) is 6.54 Å². The van der Waals surface area contributed by atoms with Gasteiger partial charge in [-0.25, -0.2) is 0 Å². The molecule has 1 aliphatic rings. The second-order valence-electron chi connectivity index (χ2n) is 6.50. The molecule has 0 bridgehead atoms. The van der Waals surface area contributed by atoms with Crippen LogP contribution in [0.15, 0.2) is 53.3 Å². The average Bonchev–Trinajstić information content (AvgIpc) is 2.72. The smallest absolute Gasteiger partial charge is 0.325 e. The maximum atomic E-state index is 12.7. The SMILES string of the molecule is C/C=N\N1Cc2cc(-c3cccc(Cl)c3)ccc2C(O)=C1C(=O)NCC(=O)OCC. The summed E-state index contributed by atoms with van der Waals surface area (Å²) in [7, 11) is 0. The van der Waals surface area contributed by atoms with Gasteiger partial charge in [0.05, 0.1) is 13.2 Å². The quantitative estimate of drug-likeness (QED) is 0.541. The van der Waals surface area contributed by atoms with Crippen molar-refractivity contribution in [3.63, 3.8) is 0 Å². The zero-order valence-electron chi connectivity index (χ0n) is 16.7. The molecule has 30 heavy (non-hydrogen) atoms. The number of hydrogen-bond acceptors (Lipinski definition) is 6. The van der Waals surface area contributed by atoms with E-state index < -0.39 is 11.9 Å². The summed E-state index contributed by atoms with van der Waals surface area (Å²) in [6.07, 6.45) is 1.53. The standard InChI is InChI=1S/C22H22ClN3O4/c1-3-25-26-13-16-10-15(14-6-5-7-17(23)11-14)8-9-18(16)21(28)20(26)22(29)24-12-19(27)30-4-2/h3,5-11,28H,4,12-13H2,1-2H3,(H,24,29)/b25-3-. The third-order valence-electron chi connectivity index (χ3n) is 4.49. The number of hydrogen-bond donors (Lipinski definition) is 2. The highest BCUT2D eigenvalue weighted by atomic mass is 35.5. The number of esters is 1. The van der Waals surface area contributed by atoms with E-state index >= 15 is 0 Å². The van der Waals surface area contributed by atoms with Gasteiger partial charge in [-0.1, -0.05) is 35.9 Å². The van der Waals surface area contributed by atoms with Crippen molar-refractivity contribution in [2.75, 3.05) is 13.2 Å². The van der Waals surface area contributed by atoms with Gasteiger partial charge in [-0.15, -0.1) is 0 Å². The van der Waals surface area contributed by atoms with Crippen molar-refractivity contribution < 1.29 is 19.4 Å². The Morgan fingerprint density at radius 2 is 2.03 bits per heavy atom. The summed E-state index contributed by atoms with van der Waals surface area (Å²) in [5, 5.41) is 19.5. The van der Waals surface area contributed by atoms with Gasteiger partial charge in [-0.3, -0.25) is 14.6 Å². The number of nitrogens with zero attached hydrogens (tertiary/aromatic N) is 2. The number of aliphatic hydroxyl groups excluding tert-OH is 1. The Morgan fingerprint density at radius 1 is 1.27 bits per heavy atom. The maximum absolute atomic E-state index is 12.7. The van der Waals surface area contributed by atoms with Gasteiger partial charge < -0.3 is 15.2 Å². The summed E-state index contributed by atoms with van der Waals surface area (Å²) in [6.45, 7) is 3.59. The van der Waals surface area contributed by atoms with E-state index in [2.05, 4.69) is 10.4 Å². The number of carbonyl (C=O) groups is 2. The molecule has 0 unspecified atom stereocenters. The van der Waals surface area contributed by atoms with Crippen molar-refractivity contribution in [3.05, 3.63) is 64.3 Å². The zero-order chi connectivity index (χ0) is 21.7. The van der Waals surface area contributed by atoms with Crippen molar-refractivity contribution in [1.82, 2.24) is 10.3 Å². The van der Waals surface area contributed by atoms with Gasteiger partial charge in [0, 0.05) is 16.8 Å². The summed E-state index contributed by atoms with van der Waals surface area (Å²) in [6, 6.07) is 13.0. The topological polar surface area (TPSA) is 91.2 Å². The van der Waals surface area contributed by atoms with Gasteiger partial charge in [0.15, 0.2) is 11.5 Å². The van der Waals surface area contributed by atoms with Crippen LogP contribution in [0.4, 0.5) is 0 Å². The molecule has 0 spiro atoms. The van der Waals surface area contributed by atoms with Crippen LogP contribution in [-0.4, -0.2) is 41.4 Å². The van der Waals surface area contributed by atoms with Gasteiger partial charge in [-0.2, -0.15) is 5.10 Å². The molecule has 1 amide bonds. The van der Waals surface area contributed by atoms with Crippen molar-refractivity contribution in [3.8, 4) is 11.1 Å². The number of hydrazone groups is 1. The molecule has 0 atom stereocenters. The molecule has 0 fully saturated rings. The second kappa shape index (κ2) is 9.45. The van der Waals surface area contributed by atoms with Gasteiger partial charge >= 0.3 is 5.97 Å². The summed E-state index contributed by atoms with van der Waals surface area (Å²) in [5.74, 6) is -1.38. The number of halogens is 1. The molecule has 8 heteroatoms. The Kier molecular flexibility index (Phi) is 6.74. The minimum atomic E-state index is -0.615. The van der Waals surface area contributed by atoms with Crippen molar-refractivity contribution in [2.24, 2.45) is 5.10 Å². The van der Waals surface area contributed by atoms with E-state index in [1.54, 1.807) is 26.0 Å². The van der Waals surface area contributed by atoms with E-state index in [1.165, 1.54) is 11.2 Å². The Bertz CT molecular complexity index is 1030. The van der Waals surface area contributed by atoms with Crippen LogP contribution in [0.25, 0.3) is 16.9 Å². The molecule has 7 nitrogen and oxygen atoms in total. The first-order chi connectivity index (χ1) is 14.4. The largest absolute Gasteiger partial charge is 0.505 e. The van der Waals surface area contributed by atoms with Crippen LogP contribution in [0.1, 0.15) is 25.0 Å². The first-order valence-electron chi connectivity index (χ1n) is 9.47.